The van der Waals surface area contributed by atoms with Crippen molar-refractivity contribution in [3.8, 4) is 5.75 Å². The maximum Gasteiger partial charge on any atom is 0.317 e. The summed E-state index contributed by atoms with van der Waals surface area (Å²) in [6.07, 6.45) is 4.03. The van der Waals surface area contributed by atoms with E-state index < -0.39 is 10.0 Å². The standard InChI is InChI=1S/C20H24N4O4S/c1-21-20(25)23-11-8-16-17(9-12-23)28-18-6-2-3-7-19(18)29(26,27)24(16)14-15-5-4-10-22-13-15/h2-7,10,13,16-17H,8-9,11-12,14H2,1H3,(H,21,25)/t16-,17-/m0/s1. The third kappa shape index (κ3) is 3.79. The van der Waals surface area contributed by atoms with Crippen LogP contribution in [0.1, 0.15) is 18.4 Å². The number of hydrogen-bond acceptors (Lipinski definition) is 5. The largest absolute Gasteiger partial charge is 0.487 e. The number of nitrogens with zero attached hydrogens (tertiary/aromatic N) is 3. The van der Waals surface area contributed by atoms with Gasteiger partial charge in [0.1, 0.15) is 16.7 Å². The van der Waals surface area contributed by atoms with Crippen LogP contribution in [0.15, 0.2) is 53.7 Å². The lowest BCUT2D eigenvalue weighted by Crippen LogP contribution is -2.46. The van der Waals surface area contributed by atoms with Gasteiger partial charge in [0.15, 0.2) is 0 Å². The van der Waals surface area contributed by atoms with Crippen molar-refractivity contribution in [2.45, 2.75) is 36.4 Å². The second kappa shape index (κ2) is 8.00. The van der Waals surface area contributed by atoms with Crippen LogP contribution in [0.25, 0.3) is 0 Å². The molecule has 0 aliphatic carbocycles. The molecule has 0 radical (unpaired) electrons. The predicted molar refractivity (Wildman–Crippen MR) is 107 cm³/mol. The summed E-state index contributed by atoms with van der Waals surface area (Å²) in [7, 11) is -2.19. The fraction of sp³-hybridized carbons (Fsp3) is 0.400. The number of carbonyl (C=O) groups excluding carboxylic acids is 1. The smallest absolute Gasteiger partial charge is 0.317 e. The van der Waals surface area contributed by atoms with E-state index in [2.05, 4.69) is 10.3 Å². The second-order valence-electron chi connectivity index (χ2n) is 7.20. The first kappa shape index (κ1) is 19.7. The van der Waals surface area contributed by atoms with Crippen LogP contribution < -0.4 is 10.1 Å². The minimum Gasteiger partial charge on any atom is -0.487 e. The number of aromatic nitrogens is 1. The Hall–Kier alpha value is -2.65. The highest BCUT2D eigenvalue weighted by atomic mass is 32.2. The first-order valence-corrected chi connectivity index (χ1v) is 11.1. The number of ether oxygens (including phenoxy) is 1. The Kier molecular flexibility index (Phi) is 5.42. The van der Waals surface area contributed by atoms with Crippen molar-refractivity contribution in [1.29, 1.82) is 0 Å². The molecule has 29 heavy (non-hydrogen) atoms. The molecule has 1 N–H and O–H groups in total. The van der Waals surface area contributed by atoms with Crippen molar-refractivity contribution < 1.29 is 17.9 Å². The van der Waals surface area contributed by atoms with E-state index >= 15 is 0 Å². The van der Waals surface area contributed by atoms with Gasteiger partial charge in [-0.25, -0.2) is 13.2 Å². The molecule has 8 nitrogen and oxygen atoms in total. The van der Waals surface area contributed by atoms with Gasteiger partial charge in [0.25, 0.3) is 0 Å². The Balaban J connectivity index is 1.75. The van der Waals surface area contributed by atoms with Crippen molar-refractivity contribution in [1.82, 2.24) is 19.5 Å². The highest BCUT2D eigenvalue weighted by Gasteiger charge is 2.43. The van der Waals surface area contributed by atoms with Gasteiger partial charge in [-0.05, 0) is 30.2 Å². The minimum atomic E-state index is -3.79. The monoisotopic (exact) mass is 416 g/mol. The molecule has 2 amide bonds. The van der Waals surface area contributed by atoms with E-state index in [9.17, 15) is 13.2 Å². The summed E-state index contributed by atoms with van der Waals surface area (Å²) in [4.78, 5) is 18.1. The molecule has 154 valence electrons. The van der Waals surface area contributed by atoms with E-state index in [0.717, 1.165) is 5.56 Å². The topological polar surface area (TPSA) is 91.8 Å². The van der Waals surface area contributed by atoms with Crippen molar-refractivity contribution in [2.24, 2.45) is 0 Å². The first-order valence-electron chi connectivity index (χ1n) is 9.64. The zero-order valence-electron chi connectivity index (χ0n) is 16.2. The third-order valence-electron chi connectivity index (χ3n) is 5.45. The molecule has 1 fully saturated rings. The Labute approximate surface area is 170 Å². The number of fused-ring (bicyclic) bond motifs is 2. The third-order valence-corrected chi connectivity index (χ3v) is 7.36. The molecule has 1 aromatic heterocycles. The summed E-state index contributed by atoms with van der Waals surface area (Å²) in [5.41, 5.74) is 0.807. The number of likely N-dealkylation sites (tertiary alicyclic amines) is 1. The maximum atomic E-state index is 13.6. The van der Waals surface area contributed by atoms with Gasteiger partial charge >= 0.3 is 6.03 Å². The zero-order chi connectivity index (χ0) is 20.4. The number of nitrogens with one attached hydrogen (secondary N) is 1. The Morgan fingerprint density at radius 1 is 1.21 bits per heavy atom. The molecular formula is C20H24N4O4S. The van der Waals surface area contributed by atoms with Gasteiger partial charge in [0.05, 0.1) is 6.04 Å². The Bertz CT molecular complexity index is 983. The fourth-order valence-electron chi connectivity index (χ4n) is 3.99. The van der Waals surface area contributed by atoms with Gasteiger partial charge in [-0.3, -0.25) is 4.98 Å². The molecule has 4 rings (SSSR count). The van der Waals surface area contributed by atoms with E-state index in [1.54, 1.807) is 54.7 Å². The van der Waals surface area contributed by atoms with Gasteiger partial charge in [-0.2, -0.15) is 4.31 Å². The number of pyridine rings is 1. The van der Waals surface area contributed by atoms with Gasteiger partial charge in [-0.15, -0.1) is 0 Å². The zero-order valence-corrected chi connectivity index (χ0v) is 17.0. The molecule has 2 aliphatic rings. The number of rotatable bonds is 2. The molecule has 0 unspecified atom stereocenters. The summed E-state index contributed by atoms with van der Waals surface area (Å²) < 4.78 is 34.9. The number of sulfonamides is 1. The molecular weight excluding hydrogens is 392 g/mol. The van der Waals surface area contributed by atoms with Gasteiger partial charge < -0.3 is 15.0 Å². The van der Waals surface area contributed by atoms with Crippen LogP contribution in [0.4, 0.5) is 4.79 Å². The molecule has 9 heteroatoms. The number of amides is 2. The normalized spacial score (nSPS) is 23.7. The van der Waals surface area contributed by atoms with E-state index in [-0.39, 0.29) is 29.6 Å². The van der Waals surface area contributed by atoms with Crippen LogP contribution in [0.3, 0.4) is 0 Å². The minimum absolute atomic E-state index is 0.163. The summed E-state index contributed by atoms with van der Waals surface area (Å²) in [6, 6.07) is 9.86. The Morgan fingerprint density at radius 3 is 2.76 bits per heavy atom. The van der Waals surface area contributed by atoms with Gasteiger partial charge in [0.2, 0.25) is 10.0 Å². The lowest BCUT2D eigenvalue weighted by atomic mass is 10.1. The summed E-state index contributed by atoms with van der Waals surface area (Å²) in [5, 5.41) is 2.65. The maximum absolute atomic E-state index is 13.6. The van der Waals surface area contributed by atoms with Gasteiger partial charge in [0, 0.05) is 45.5 Å². The van der Waals surface area contributed by atoms with Crippen molar-refractivity contribution in [3.05, 3.63) is 54.4 Å². The van der Waals surface area contributed by atoms with Crippen LogP contribution >= 0.6 is 0 Å². The molecule has 2 atom stereocenters. The highest BCUT2D eigenvalue weighted by molar-refractivity contribution is 7.89. The SMILES string of the molecule is CNC(=O)N1CC[C@@H]2Oc3ccccc3S(=O)(=O)N(Cc3cccnc3)[C@H]2CC1. The number of benzene rings is 1. The molecule has 2 aliphatic heterocycles. The highest BCUT2D eigenvalue weighted by Crippen LogP contribution is 2.37. The van der Waals surface area contributed by atoms with E-state index in [0.29, 0.717) is 31.7 Å². The van der Waals surface area contributed by atoms with Crippen molar-refractivity contribution in [3.63, 3.8) is 0 Å². The summed E-state index contributed by atoms with van der Waals surface area (Å²) in [5.74, 6) is 0.365. The van der Waals surface area contributed by atoms with Crippen LogP contribution in [0, 0.1) is 0 Å². The quantitative estimate of drug-likeness (QED) is 0.807. The molecule has 0 saturated carbocycles. The average molecular weight is 417 g/mol. The van der Waals surface area contributed by atoms with Crippen molar-refractivity contribution >= 4 is 16.1 Å². The summed E-state index contributed by atoms with van der Waals surface area (Å²) >= 11 is 0. The lowest BCUT2D eigenvalue weighted by Gasteiger charge is -2.31. The average Bonchev–Trinajstić information content (AvgIpc) is 2.98. The van der Waals surface area contributed by atoms with Crippen LogP contribution in [-0.4, -0.2) is 60.9 Å². The van der Waals surface area contributed by atoms with E-state index in [4.69, 9.17) is 4.74 Å². The Morgan fingerprint density at radius 2 is 2.00 bits per heavy atom. The number of para-hydroxylation sites is 1. The second-order valence-corrected chi connectivity index (χ2v) is 9.06. The molecule has 1 aromatic carbocycles. The number of urea groups is 1. The molecule has 3 heterocycles. The van der Waals surface area contributed by atoms with Crippen LogP contribution in [-0.2, 0) is 16.6 Å². The van der Waals surface area contributed by atoms with Gasteiger partial charge in [-0.1, -0.05) is 18.2 Å². The van der Waals surface area contributed by atoms with Crippen LogP contribution in [0.5, 0.6) is 5.75 Å². The molecule has 0 bridgehead atoms. The van der Waals surface area contributed by atoms with Crippen LogP contribution in [0.2, 0.25) is 0 Å². The first-order chi connectivity index (χ1) is 14.0. The lowest BCUT2D eigenvalue weighted by molar-refractivity contribution is 0.110. The fourth-order valence-corrected chi connectivity index (χ4v) is 5.78. The summed E-state index contributed by atoms with van der Waals surface area (Å²) in [6.45, 7) is 1.17. The number of carbonyl (C=O) groups is 1. The van der Waals surface area contributed by atoms with E-state index in [1.165, 1.54) is 4.31 Å². The molecule has 2 aromatic rings. The van der Waals surface area contributed by atoms with Crippen molar-refractivity contribution in [2.75, 3.05) is 20.1 Å². The molecule has 0 spiro atoms. The van der Waals surface area contributed by atoms with E-state index in [1.807, 2.05) is 6.07 Å². The molecule has 1 saturated heterocycles. The predicted octanol–water partition coefficient (Wildman–Crippen LogP) is 1.84. The number of hydrogen-bond donors (Lipinski definition) is 1.